The predicted octanol–water partition coefficient (Wildman–Crippen LogP) is 2.76. The average molecular weight is 239 g/mol. The van der Waals surface area contributed by atoms with Gasteiger partial charge >= 0.3 is 5.97 Å². The molecule has 0 bridgehead atoms. The van der Waals surface area contributed by atoms with E-state index in [1.54, 1.807) is 0 Å². The van der Waals surface area contributed by atoms with E-state index >= 15 is 0 Å². The number of rotatable bonds is 5. The summed E-state index contributed by atoms with van der Waals surface area (Å²) in [6, 6.07) is 0. The minimum absolute atomic E-state index is 0.182. The Bertz CT molecular complexity index is 310. The lowest BCUT2D eigenvalue weighted by molar-refractivity contribution is -0.141. The number of hydrogen-bond donors (Lipinski definition) is 1. The Kier molecular flexibility index (Phi) is 5.73. The van der Waals surface area contributed by atoms with Gasteiger partial charge in [-0.05, 0) is 31.6 Å². The molecule has 4 heteroatoms. The number of oxime groups is 1. The molecule has 1 aliphatic carbocycles. The maximum Gasteiger partial charge on any atom is 0.305 e. The molecule has 0 aromatic carbocycles. The van der Waals surface area contributed by atoms with Crippen LogP contribution in [0.25, 0.3) is 0 Å². The van der Waals surface area contributed by atoms with Crippen molar-refractivity contribution in [3.05, 3.63) is 12.2 Å². The summed E-state index contributed by atoms with van der Waals surface area (Å²) in [6.45, 7) is 2.08. The van der Waals surface area contributed by atoms with Crippen molar-refractivity contribution in [2.24, 2.45) is 17.0 Å². The summed E-state index contributed by atoms with van der Waals surface area (Å²) in [7, 11) is 1.41. The Morgan fingerprint density at radius 1 is 1.59 bits per heavy atom. The van der Waals surface area contributed by atoms with Crippen molar-refractivity contribution in [3.63, 3.8) is 0 Å². The van der Waals surface area contributed by atoms with Gasteiger partial charge in [-0.1, -0.05) is 24.2 Å². The molecule has 96 valence electrons. The van der Waals surface area contributed by atoms with Crippen LogP contribution >= 0.6 is 0 Å². The normalized spacial score (nSPS) is 26.8. The molecule has 4 nitrogen and oxygen atoms in total. The van der Waals surface area contributed by atoms with E-state index in [9.17, 15) is 4.79 Å². The second-order valence-corrected chi connectivity index (χ2v) is 4.39. The van der Waals surface area contributed by atoms with Crippen LogP contribution in [0.5, 0.6) is 0 Å². The monoisotopic (exact) mass is 239 g/mol. The van der Waals surface area contributed by atoms with Crippen LogP contribution in [0.4, 0.5) is 0 Å². The molecule has 0 aliphatic heterocycles. The van der Waals surface area contributed by atoms with E-state index in [0.717, 1.165) is 31.4 Å². The van der Waals surface area contributed by atoms with Crippen LogP contribution in [-0.2, 0) is 9.53 Å². The molecule has 2 atom stereocenters. The zero-order chi connectivity index (χ0) is 12.7. The van der Waals surface area contributed by atoms with Crippen LogP contribution in [0.2, 0.25) is 0 Å². The summed E-state index contributed by atoms with van der Waals surface area (Å²) in [4.78, 5) is 11.3. The number of allylic oxidation sites excluding steroid dienone is 2. The predicted molar refractivity (Wildman–Crippen MR) is 66.1 cm³/mol. The highest BCUT2D eigenvalue weighted by Crippen LogP contribution is 2.35. The fourth-order valence-electron chi connectivity index (χ4n) is 2.40. The number of carbonyl (C=O) groups is 1. The first-order valence-corrected chi connectivity index (χ1v) is 6.15. The smallest absolute Gasteiger partial charge is 0.305 e. The highest BCUT2D eigenvalue weighted by molar-refractivity contribution is 5.89. The molecule has 2 unspecified atom stereocenters. The van der Waals surface area contributed by atoms with Crippen LogP contribution in [0, 0.1) is 11.8 Å². The number of ether oxygens (including phenoxy) is 1. The van der Waals surface area contributed by atoms with Crippen molar-refractivity contribution in [1.29, 1.82) is 0 Å². The lowest BCUT2D eigenvalue weighted by atomic mass is 9.89. The van der Waals surface area contributed by atoms with Gasteiger partial charge in [0.2, 0.25) is 0 Å². The van der Waals surface area contributed by atoms with Gasteiger partial charge in [-0.3, -0.25) is 4.79 Å². The third-order valence-electron chi connectivity index (χ3n) is 3.35. The largest absolute Gasteiger partial charge is 0.469 e. The lowest BCUT2D eigenvalue weighted by Crippen LogP contribution is -2.18. The number of carbonyl (C=O) groups excluding carboxylic acids is 1. The molecule has 1 aliphatic rings. The van der Waals surface area contributed by atoms with Gasteiger partial charge in [0, 0.05) is 12.3 Å². The zero-order valence-electron chi connectivity index (χ0n) is 10.6. The fraction of sp³-hybridized carbons (Fsp3) is 0.692. The van der Waals surface area contributed by atoms with Gasteiger partial charge in [-0.25, -0.2) is 0 Å². The van der Waals surface area contributed by atoms with Crippen molar-refractivity contribution in [3.8, 4) is 0 Å². The Hall–Kier alpha value is -1.32. The summed E-state index contributed by atoms with van der Waals surface area (Å²) in [6.07, 6.45) is 8.14. The quantitative estimate of drug-likeness (QED) is 0.347. The molecule has 1 fully saturated rings. The van der Waals surface area contributed by atoms with Gasteiger partial charge < -0.3 is 9.94 Å². The Labute approximate surface area is 102 Å². The molecule has 0 aromatic heterocycles. The molecule has 0 aromatic rings. The third kappa shape index (κ3) is 3.88. The average Bonchev–Trinajstić information content (AvgIpc) is 2.72. The van der Waals surface area contributed by atoms with Gasteiger partial charge in [-0.15, -0.1) is 0 Å². The van der Waals surface area contributed by atoms with Crippen molar-refractivity contribution < 1.29 is 14.7 Å². The Morgan fingerprint density at radius 3 is 2.94 bits per heavy atom. The first-order valence-electron chi connectivity index (χ1n) is 6.15. The molecule has 0 amide bonds. The maximum absolute atomic E-state index is 11.3. The van der Waals surface area contributed by atoms with E-state index in [-0.39, 0.29) is 17.8 Å². The van der Waals surface area contributed by atoms with Crippen molar-refractivity contribution >= 4 is 11.7 Å². The second-order valence-electron chi connectivity index (χ2n) is 4.39. The maximum atomic E-state index is 11.3. The molecule has 1 N–H and O–H groups in total. The van der Waals surface area contributed by atoms with E-state index in [1.807, 2.05) is 0 Å². The second kappa shape index (κ2) is 7.09. The van der Waals surface area contributed by atoms with Crippen LogP contribution in [-0.4, -0.2) is 24.0 Å². The van der Waals surface area contributed by atoms with E-state index in [4.69, 9.17) is 9.94 Å². The van der Waals surface area contributed by atoms with Crippen LogP contribution in [0.3, 0.4) is 0 Å². The van der Waals surface area contributed by atoms with Crippen LogP contribution in [0.1, 0.15) is 39.0 Å². The first kappa shape index (κ1) is 13.7. The summed E-state index contributed by atoms with van der Waals surface area (Å²) < 4.78 is 4.70. The molecule has 0 spiro atoms. The van der Waals surface area contributed by atoms with E-state index < -0.39 is 0 Å². The van der Waals surface area contributed by atoms with Crippen molar-refractivity contribution in [2.45, 2.75) is 39.0 Å². The van der Waals surface area contributed by atoms with E-state index in [0.29, 0.717) is 6.42 Å². The molecule has 0 heterocycles. The molecule has 1 saturated carbocycles. The molecule has 0 radical (unpaired) electrons. The molecular formula is C13H21NO3. The van der Waals surface area contributed by atoms with Gasteiger partial charge in [0.1, 0.15) is 0 Å². The third-order valence-corrected chi connectivity index (χ3v) is 3.35. The Morgan fingerprint density at radius 2 is 2.35 bits per heavy atom. The van der Waals surface area contributed by atoms with Gasteiger partial charge in [0.25, 0.3) is 0 Å². The fourth-order valence-corrected chi connectivity index (χ4v) is 2.40. The van der Waals surface area contributed by atoms with Crippen LogP contribution < -0.4 is 0 Å². The number of esters is 1. The highest BCUT2D eigenvalue weighted by atomic mass is 16.5. The van der Waals surface area contributed by atoms with Gasteiger partial charge in [-0.2, -0.15) is 0 Å². The highest BCUT2D eigenvalue weighted by Gasteiger charge is 2.34. The lowest BCUT2D eigenvalue weighted by Gasteiger charge is -2.16. The zero-order valence-corrected chi connectivity index (χ0v) is 10.6. The van der Waals surface area contributed by atoms with Crippen molar-refractivity contribution in [2.75, 3.05) is 7.11 Å². The molecular weight excluding hydrogens is 218 g/mol. The van der Waals surface area contributed by atoms with Crippen LogP contribution in [0.15, 0.2) is 17.3 Å². The minimum Gasteiger partial charge on any atom is -0.469 e. The molecule has 1 rings (SSSR count). The summed E-state index contributed by atoms with van der Waals surface area (Å²) >= 11 is 0. The van der Waals surface area contributed by atoms with Gasteiger partial charge in [0.15, 0.2) is 0 Å². The molecule has 0 saturated heterocycles. The standard InChI is InChI=1S/C13H21NO3/c1-3-4-5-6-11-10(9-13(15)17-2)7-8-12(11)14-16/h4-5,10-11,16H,3,6-9H2,1-2H3/b5-4+,14-12-. The molecule has 17 heavy (non-hydrogen) atoms. The van der Waals surface area contributed by atoms with E-state index in [2.05, 4.69) is 24.2 Å². The summed E-state index contributed by atoms with van der Waals surface area (Å²) in [5.74, 6) is 0.246. The minimum atomic E-state index is -0.182. The summed E-state index contributed by atoms with van der Waals surface area (Å²) in [5, 5.41) is 12.3. The van der Waals surface area contributed by atoms with Crippen molar-refractivity contribution in [1.82, 2.24) is 0 Å². The number of hydrogen-bond acceptors (Lipinski definition) is 4. The number of nitrogens with zero attached hydrogens (tertiary/aromatic N) is 1. The summed E-state index contributed by atoms with van der Waals surface area (Å²) in [5.41, 5.74) is 0.819. The first-order chi connectivity index (χ1) is 8.22. The van der Waals surface area contributed by atoms with Gasteiger partial charge in [0.05, 0.1) is 12.8 Å². The Balaban J connectivity index is 2.62. The number of methoxy groups -OCH3 is 1. The SMILES string of the molecule is CC/C=C/CC1/C(=N\O)CCC1CC(=O)OC. The van der Waals surface area contributed by atoms with E-state index in [1.165, 1.54) is 7.11 Å². The topological polar surface area (TPSA) is 58.9 Å².